The minimum atomic E-state index is -0.765. The lowest BCUT2D eigenvalue weighted by Crippen LogP contribution is -2.30. The van der Waals surface area contributed by atoms with Crippen LogP contribution in [0.25, 0.3) is 0 Å². The molecule has 0 aromatic heterocycles. The highest BCUT2D eigenvalue weighted by molar-refractivity contribution is 5.71. The summed E-state index contributed by atoms with van der Waals surface area (Å²) in [5.74, 6) is 1.74. The Balaban J connectivity index is 4.25. The highest BCUT2D eigenvalue weighted by Crippen LogP contribution is 2.20. The molecule has 6 heteroatoms. The molecule has 0 amide bonds. The van der Waals surface area contributed by atoms with Crippen molar-refractivity contribution in [1.29, 1.82) is 0 Å². The van der Waals surface area contributed by atoms with Crippen LogP contribution in [0.3, 0.4) is 0 Å². The second kappa shape index (κ2) is 57.1. The van der Waals surface area contributed by atoms with Crippen LogP contribution in [0.2, 0.25) is 0 Å². The molecular weight excluding hydrogens is 889 g/mol. The van der Waals surface area contributed by atoms with Crippen molar-refractivity contribution in [3.8, 4) is 0 Å². The maximum absolute atomic E-state index is 12.9. The van der Waals surface area contributed by atoms with Crippen molar-refractivity contribution >= 4 is 17.9 Å². The Morgan fingerprint density at radius 1 is 0.278 bits per heavy atom. The van der Waals surface area contributed by atoms with Gasteiger partial charge in [0.1, 0.15) is 13.2 Å². The molecule has 0 aliphatic carbocycles. The molecule has 0 aromatic carbocycles. The first-order valence-corrected chi connectivity index (χ1v) is 32.6. The molecule has 1 unspecified atom stereocenters. The van der Waals surface area contributed by atoms with Crippen molar-refractivity contribution in [3.05, 3.63) is 0 Å². The molecule has 0 rings (SSSR count). The highest BCUT2D eigenvalue weighted by Gasteiger charge is 2.19. The van der Waals surface area contributed by atoms with Gasteiger partial charge in [0.15, 0.2) is 6.10 Å². The van der Waals surface area contributed by atoms with Crippen molar-refractivity contribution in [2.24, 2.45) is 17.8 Å². The van der Waals surface area contributed by atoms with E-state index in [1.54, 1.807) is 0 Å². The molecule has 0 N–H and O–H groups in total. The Morgan fingerprint density at radius 3 is 0.722 bits per heavy atom. The number of carbonyl (C=O) groups is 3. The smallest absolute Gasteiger partial charge is 0.306 e. The van der Waals surface area contributed by atoms with Crippen LogP contribution in [-0.4, -0.2) is 37.2 Å². The molecule has 2 atom stereocenters. The van der Waals surface area contributed by atoms with E-state index in [1.807, 2.05) is 0 Å². The first kappa shape index (κ1) is 70.4. The number of rotatable bonds is 59. The SMILES string of the molecule is CCC(C)CCCCCCCCCCCCCCCCCCCCC(=O)O[C@H](COC(=O)CCCCCCCCCCCCCCCCCCC(C)C)COC(=O)CCCCCCCCCCCCC(C)C. The number of unbranched alkanes of at least 4 members (excludes halogenated alkanes) is 41. The van der Waals surface area contributed by atoms with Crippen molar-refractivity contribution < 1.29 is 28.6 Å². The molecule has 72 heavy (non-hydrogen) atoms. The predicted octanol–water partition coefficient (Wildman–Crippen LogP) is 21.8. The second-order valence-corrected chi connectivity index (χ2v) is 24.0. The third kappa shape index (κ3) is 57.7. The summed E-state index contributed by atoms with van der Waals surface area (Å²) < 4.78 is 17.0. The molecule has 0 heterocycles. The summed E-state index contributed by atoms with van der Waals surface area (Å²) >= 11 is 0. The topological polar surface area (TPSA) is 78.9 Å². The van der Waals surface area contributed by atoms with Crippen molar-refractivity contribution in [3.63, 3.8) is 0 Å². The van der Waals surface area contributed by atoms with Crippen LogP contribution in [0.1, 0.15) is 369 Å². The van der Waals surface area contributed by atoms with Gasteiger partial charge in [-0.15, -0.1) is 0 Å². The lowest BCUT2D eigenvalue weighted by Gasteiger charge is -2.18. The van der Waals surface area contributed by atoms with Crippen LogP contribution < -0.4 is 0 Å². The molecule has 0 aromatic rings. The third-order valence-electron chi connectivity index (χ3n) is 15.5. The van der Waals surface area contributed by atoms with Gasteiger partial charge in [-0.2, -0.15) is 0 Å². The van der Waals surface area contributed by atoms with Gasteiger partial charge in [-0.3, -0.25) is 14.4 Å². The van der Waals surface area contributed by atoms with E-state index in [4.69, 9.17) is 14.2 Å². The molecule has 0 spiro atoms. The van der Waals surface area contributed by atoms with Crippen molar-refractivity contribution in [1.82, 2.24) is 0 Å². The summed E-state index contributed by atoms with van der Waals surface area (Å²) in [6.45, 7) is 13.8. The standard InChI is InChI=1S/C66H128O6/c1-7-62(6)54-48-42-36-30-23-19-15-10-8-9-11-17-21-25-33-39-45-51-57-66(69)72-63(59-71-65(68)56-50-44-38-32-27-26-29-35-41-47-53-61(4)5)58-70-64(67)55-49-43-37-31-24-20-16-13-12-14-18-22-28-34-40-46-52-60(2)3/h60-63H,7-59H2,1-6H3/t62?,63-/m1/s1. The molecular formula is C66H128O6. The zero-order valence-electron chi connectivity index (χ0n) is 49.7. The van der Waals surface area contributed by atoms with Gasteiger partial charge in [-0.05, 0) is 37.0 Å². The van der Waals surface area contributed by atoms with Gasteiger partial charge in [0.2, 0.25) is 0 Å². The summed E-state index contributed by atoms with van der Waals surface area (Å²) in [4.78, 5) is 38.3. The molecule has 6 nitrogen and oxygen atoms in total. The minimum absolute atomic E-state index is 0.0626. The number of esters is 3. The average molecular weight is 1020 g/mol. The summed E-state index contributed by atoms with van der Waals surface area (Å²) in [7, 11) is 0. The van der Waals surface area contributed by atoms with Crippen molar-refractivity contribution in [2.45, 2.75) is 375 Å². The minimum Gasteiger partial charge on any atom is -0.462 e. The van der Waals surface area contributed by atoms with E-state index in [1.165, 1.54) is 250 Å². The van der Waals surface area contributed by atoms with Gasteiger partial charge >= 0.3 is 17.9 Å². The summed E-state index contributed by atoms with van der Waals surface area (Å²) in [5.41, 5.74) is 0. The Hall–Kier alpha value is -1.59. The summed E-state index contributed by atoms with van der Waals surface area (Å²) in [5, 5.41) is 0. The molecule has 428 valence electrons. The van der Waals surface area contributed by atoms with Gasteiger partial charge in [0.05, 0.1) is 0 Å². The summed E-state index contributed by atoms with van der Waals surface area (Å²) in [6.07, 6.45) is 62.5. The maximum atomic E-state index is 12.9. The van der Waals surface area contributed by atoms with E-state index in [-0.39, 0.29) is 31.1 Å². The van der Waals surface area contributed by atoms with E-state index in [9.17, 15) is 14.4 Å². The Morgan fingerprint density at radius 2 is 0.486 bits per heavy atom. The van der Waals surface area contributed by atoms with Gasteiger partial charge in [0, 0.05) is 19.3 Å². The highest BCUT2D eigenvalue weighted by atomic mass is 16.6. The summed E-state index contributed by atoms with van der Waals surface area (Å²) in [6, 6.07) is 0. The quantitative estimate of drug-likeness (QED) is 0.0343. The van der Waals surface area contributed by atoms with Crippen LogP contribution >= 0.6 is 0 Å². The van der Waals surface area contributed by atoms with Crippen molar-refractivity contribution in [2.75, 3.05) is 13.2 Å². The normalized spacial score (nSPS) is 12.5. The lowest BCUT2D eigenvalue weighted by atomic mass is 9.99. The van der Waals surface area contributed by atoms with Crippen LogP contribution in [0.5, 0.6) is 0 Å². The van der Waals surface area contributed by atoms with Crippen LogP contribution in [0.4, 0.5) is 0 Å². The zero-order chi connectivity index (χ0) is 52.6. The first-order valence-electron chi connectivity index (χ1n) is 32.6. The van der Waals surface area contributed by atoms with E-state index in [0.717, 1.165) is 75.5 Å². The Bertz CT molecular complexity index is 1120. The number of carbonyl (C=O) groups excluding carboxylic acids is 3. The molecule has 0 saturated heterocycles. The van der Waals surface area contributed by atoms with E-state index in [0.29, 0.717) is 19.3 Å². The molecule has 0 aliphatic heterocycles. The van der Waals surface area contributed by atoms with Crippen LogP contribution in [-0.2, 0) is 28.6 Å². The van der Waals surface area contributed by atoms with Gasteiger partial charge in [-0.25, -0.2) is 0 Å². The number of ether oxygens (including phenoxy) is 3. The Kier molecular flexibility index (Phi) is 55.9. The van der Waals surface area contributed by atoms with Crippen LogP contribution in [0.15, 0.2) is 0 Å². The van der Waals surface area contributed by atoms with Crippen LogP contribution in [0, 0.1) is 17.8 Å². The fourth-order valence-electron chi connectivity index (χ4n) is 10.2. The predicted molar refractivity (Wildman–Crippen MR) is 312 cm³/mol. The van der Waals surface area contributed by atoms with E-state index < -0.39 is 6.10 Å². The van der Waals surface area contributed by atoms with E-state index >= 15 is 0 Å². The number of hydrogen-bond donors (Lipinski definition) is 0. The first-order chi connectivity index (χ1) is 35.1. The molecule has 0 radical (unpaired) electrons. The molecule has 0 fully saturated rings. The fourth-order valence-corrected chi connectivity index (χ4v) is 10.2. The Labute approximate surface area is 450 Å². The second-order valence-electron chi connectivity index (χ2n) is 24.0. The molecule has 0 aliphatic rings. The fraction of sp³-hybridized carbons (Fsp3) is 0.955. The average Bonchev–Trinajstić information content (AvgIpc) is 3.36. The number of hydrogen-bond acceptors (Lipinski definition) is 6. The zero-order valence-corrected chi connectivity index (χ0v) is 49.7. The largest absolute Gasteiger partial charge is 0.462 e. The van der Waals surface area contributed by atoms with Gasteiger partial charge in [-0.1, -0.05) is 330 Å². The van der Waals surface area contributed by atoms with E-state index in [2.05, 4.69) is 41.5 Å². The lowest BCUT2D eigenvalue weighted by molar-refractivity contribution is -0.167. The maximum Gasteiger partial charge on any atom is 0.306 e. The monoisotopic (exact) mass is 1020 g/mol. The third-order valence-corrected chi connectivity index (χ3v) is 15.5. The van der Waals surface area contributed by atoms with Gasteiger partial charge in [0.25, 0.3) is 0 Å². The molecule has 0 saturated carbocycles. The molecule has 0 bridgehead atoms. The van der Waals surface area contributed by atoms with Gasteiger partial charge < -0.3 is 14.2 Å².